The summed E-state index contributed by atoms with van der Waals surface area (Å²) in [5.74, 6) is 0. The Labute approximate surface area is 68.7 Å². The monoisotopic (exact) mass is 154 g/mol. The Balaban J connectivity index is 2.20. The van der Waals surface area contributed by atoms with Crippen LogP contribution in [0.15, 0.2) is 0 Å². The lowest BCUT2D eigenvalue weighted by atomic mass is 9.60. The Kier molecular flexibility index (Phi) is 1.37. The molecule has 2 aliphatic rings. The van der Waals surface area contributed by atoms with Crippen LogP contribution in [0, 0.1) is 5.41 Å². The summed E-state index contributed by atoms with van der Waals surface area (Å²) in [5.41, 5.74) is 6.84. The summed E-state index contributed by atoms with van der Waals surface area (Å²) >= 11 is 0. The van der Waals surface area contributed by atoms with Crippen molar-refractivity contribution in [2.24, 2.45) is 11.1 Å². The van der Waals surface area contributed by atoms with Crippen molar-refractivity contribution >= 4 is 0 Å². The van der Waals surface area contributed by atoms with Gasteiger partial charge in [-0.15, -0.1) is 0 Å². The van der Waals surface area contributed by atoms with Gasteiger partial charge in [-0.1, -0.05) is 6.42 Å². The van der Waals surface area contributed by atoms with Crippen LogP contribution in [0.1, 0.15) is 26.2 Å². The van der Waals surface area contributed by atoms with E-state index in [4.69, 9.17) is 5.73 Å². The van der Waals surface area contributed by atoms with Crippen molar-refractivity contribution in [2.75, 3.05) is 20.1 Å². The predicted octanol–water partition coefficient (Wildman–Crippen LogP) is 0.820. The minimum atomic E-state index is 0.0833. The summed E-state index contributed by atoms with van der Waals surface area (Å²) in [6.45, 7) is 4.52. The molecule has 2 rings (SSSR count). The summed E-state index contributed by atoms with van der Waals surface area (Å²) in [7, 11) is 2.18. The first kappa shape index (κ1) is 7.56. The van der Waals surface area contributed by atoms with E-state index in [0.717, 1.165) is 6.54 Å². The summed E-state index contributed by atoms with van der Waals surface area (Å²) in [6, 6.07) is 0. The van der Waals surface area contributed by atoms with Crippen molar-refractivity contribution in [2.45, 2.75) is 31.7 Å². The van der Waals surface area contributed by atoms with E-state index in [0.29, 0.717) is 5.41 Å². The summed E-state index contributed by atoms with van der Waals surface area (Å²) in [5, 5.41) is 0. The van der Waals surface area contributed by atoms with E-state index in [9.17, 15) is 0 Å². The first-order valence-electron chi connectivity index (χ1n) is 4.53. The SMILES string of the molecule is CN1CC2(CCC2)[C@](C)(N)C1. The fourth-order valence-electron chi connectivity index (χ4n) is 2.81. The minimum absolute atomic E-state index is 0.0833. The van der Waals surface area contributed by atoms with Crippen molar-refractivity contribution in [3.63, 3.8) is 0 Å². The molecule has 2 fully saturated rings. The highest BCUT2D eigenvalue weighted by Gasteiger charge is 2.54. The number of likely N-dealkylation sites (N-methyl/N-ethyl adjacent to an activating group) is 1. The zero-order valence-corrected chi connectivity index (χ0v) is 7.56. The zero-order valence-electron chi connectivity index (χ0n) is 7.56. The molecule has 0 bridgehead atoms. The molecule has 0 unspecified atom stereocenters. The van der Waals surface area contributed by atoms with Crippen molar-refractivity contribution < 1.29 is 0 Å². The second-order valence-electron chi connectivity index (χ2n) is 4.72. The molecular formula is C9H18N2. The van der Waals surface area contributed by atoms with Crippen molar-refractivity contribution in [3.8, 4) is 0 Å². The fourth-order valence-corrected chi connectivity index (χ4v) is 2.81. The number of hydrogen-bond donors (Lipinski definition) is 1. The van der Waals surface area contributed by atoms with Crippen LogP contribution in [0.4, 0.5) is 0 Å². The van der Waals surface area contributed by atoms with Crippen molar-refractivity contribution in [1.82, 2.24) is 4.90 Å². The maximum Gasteiger partial charge on any atom is 0.0324 e. The Bertz CT molecular complexity index is 170. The van der Waals surface area contributed by atoms with Crippen LogP contribution in [-0.4, -0.2) is 30.6 Å². The van der Waals surface area contributed by atoms with Crippen LogP contribution in [0.3, 0.4) is 0 Å². The van der Waals surface area contributed by atoms with Gasteiger partial charge < -0.3 is 10.6 Å². The molecule has 0 aromatic heterocycles. The number of nitrogens with two attached hydrogens (primary N) is 1. The summed E-state index contributed by atoms with van der Waals surface area (Å²) < 4.78 is 0. The third-order valence-electron chi connectivity index (χ3n) is 3.69. The lowest BCUT2D eigenvalue weighted by Gasteiger charge is -2.47. The quantitative estimate of drug-likeness (QED) is 0.559. The molecule has 0 amide bonds. The van der Waals surface area contributed by atoms with Gasteiger partial charge in [0, 0.05) is 24.0 Å². The Morgan fingerprint density at radius 2 is 1.91 bits per heavy atom. The van der Waals surface area contributed by atoms with Gasteiger partial charge in [-0.05, 0) is 26.8 Å². The van der Waals surface area contributed by atoms with E-state index >= 15 is 0 Å². The summed E-state index contributed by atoms with van der Waals surface area (Å²) in [6.07, 6.45) is 4.09. The van der Waals surface area contributed by atoms with E-state index in [1.807, 2.05) is 0 Å². The molecule has 0 aromatic carbocycles. The number of nitrogens with zero attached hydrogens (tertiary/aromatic N) is 1. The van der Waals surface area contributed by atoms with Gasteiger partial charge in [-0.25, -0.2) is 0 Å². The standard InChI is InChI=1S/C9H18N2/c1-8(10)6-11(2)7-9(8)4-3-5-9/h3-7,10H2,1-2H3/t8-/m1/s1. The van der Waals surface area contributed by atoms with Gasteiger partial charge in [0.1, 0.15) is 0 Å². The van der Waals surface area contributed by atoms with Gasteiger partial charge in [0.15, 0.2) is 0 Å². The van der Waals surface area contributed by atoms with Gasteiger partial charge in [-0.3, -0.25) is 0 Å². The van der Waals surface area contributed by atoms with E-state index in [2.05, 4.69) is 18.9 Å². The Morgan fingerprint density at radius 3 is 2.09 bits per heavy atom. The second kappa shape index (κ2) is 1.99. The van der Waals surface area contributed by atoms with Crippen LogP contribution in [-0.2, 0) is 0 Å². The van der Waals surface area contributed by atoms with E-state index < -0.39 is 0 Å². The highest BCUT2D eigenvalue weighted by molar-refractivity contribution is 5.11. The average Bonchev–Trinajstić information content (AvgIpc) is 1.98. The molecule has 1 aliphatic carbocycles. The van der Waals surface area contributed by atoms with E-state index in [-0.39, 0.29) is 5.54 Å². The fraction of sp³-hybridized carbons (Fsp3) is 1.00. The normalized spacial score (nSPS) is 42.8. The van der Waals surface area contributed by atoms with Crippen molar-refractivity contribution in [1.29, 1.82) is 0 Å². The average molecular weight is 154 g/mol. The molecule has 0 aromatic rings. The molecule has 1 spiro atoms. The van der Waals surface area contributed by atoms with Crippen LogP contribution < -0.4 is 5.73 Å². The Morgan fingerprint density at radius 1 is 1.27 bits per heavy atom. The van der Waals surface area contributed by atoms with Crippen molar-refractivity contribution in [3.05, 3.63) is 0 Å². The van der Waals surface area contributed by atoms with Gasteiger partial charge in [0.2, 0.25) is 0 Å². The van der Waals surface area contributed by atoms with Crippen LogP contribution in [0.2, 0.25) is 0 Å². The zero-order chi connectivity index (χ0) is 8.11. The molecule has 0 radical (unpaired) electrons. The first-order chi connectivity index (χ1) is 5.06. The predicted molar refractivity (Wildman–Crippen MR) is 46.4 cm³/mol. The van der Waals surface area contributed by atoms with Gasteiger partial charge >= 0.3 is 0 Å². The maximum atomic E-state index is 6.27. The molecule has 11 heavy (non-hydrogen) atoms. The third-order valence-corrected chi connectivity index (χ3v) is 3.69. The highest BCUT2D eigenvalue weighted by Crippen LogP contribution is 2.51. The largest absolute Gasteiger partial charge is 0.324 e. The van der Waals surface area contributed by atoms with E-state index in [1.54, 1.807) is 0 Å². The topological polar surface area (TPSA) is 29.3 Å². The molecule has 1 heterocycles. The molecule has 1 atom stereocenters. The minimum Gasteiger partial charge on any atom is -0.324 e. The van der Waals surface area contributed by atoms with Gasteiger partial charge in [-0.2, -0.15) is 0 Å². The number of rotatable bonds is 0. The Hall–Kier alpha value is -0.0800. The smallest absolute Gasteiger partial charge is 0.0324 e. The molecule has 2 N–H and O–H groups in total. The molecule has 64 valence electrons. The molecule has 1 saturated heterocycles. The number of hydrogen-bond acceptors (Lipinski definition) is 2. The highest BCUT2D eigenvalue weighted by atomic mass is 15.2. The molecular weight excluding hydrogens is 136 g/mol. The molecule has 1 aliphatic heterocycles. The van der Waals surface area contributed by atoms with Crippen LogP contribution in [0.25, 0.3) is 0 Å². The lowest BCUT2D eigenvalue weighted by molar-refractivity contribution is 0.0794. The molecule has 1 saturated carbocycles. The lowest BCUT2D eigenvalue weighted by Crippen LogP contribution is -2.55. The van der Waals surface area contributed by atoms with Gasteiger partial charge in [0.25, 0.3) is 0 Å². The third kappa shape index (κ3) is 0.859. The maximum absolute atomic E-state index is 6.27. The summed E-state index contributed by atoms with van der Waals surface area (Å²) in [4.78, 5) is 2.37. The second-order valence-corrected chi connectivity index (χ2v) is 4.72. The molecule has 2 heteroatoms. The number of likely N-dealkylation sites (tertiary alicyclic amines) is 1. The van der Waals surface area contributed by atoms with Crippen LogP contribution >= 0.6 is 0 Å². The van der Waals surface area contributed by atoms with E-state index in [1.165, 1.54) is 25.8 Å². The first-order valence-corrected chi connectivity index (χ1v) is 4.53. The van der Waals surface area contributed by atoms with Crippen LogP contribution in [0.5, 0.6) is 0 Å². The molecule has 2 nitrogen and oxygen atoms in total. The van der Waals surface area contributed by atoms with Gasteiger partial charge in [0.05, 0.1) is 0 Å².